The lowest BCUT2D eigenvalue weighted by Gasteiger charge is -2.36. The molecule has 1 aliphatic heterocycles. The Kier molecular flexibility index (Phi) is 4.97. The molecule has 1 saturated heterocycles. The summed E-state index contributed by atoms with van der Waals surface area (Å²) < 4.78 is 66.0. The number of nitrogens with zero attached hydrogens (tertiary/aromatic N) is 2. The third-order valence-corrected chi connectivity index (χ3v) is 4.11. The van der Waals surface area contributed by atoms with Gasteiger partial charge in [-0.05, 0) is 24.3 Å². The Morgan fingerprint density at radius 3 is 2.12 bits per heavy atom. The molecule has 3 rings (SSSR count). The normalized spacial score (nSPS) is 14.5. The smallest absolute Gasteiger partial charge is 0.322 e. The first-order valence-corrected chi connectivity index (χ1v) is 7.76. The topological polar surface area (TPSA) is 35.6 Å². The van der Waals surface area contributed by atoms with Gasteiger partial charge in [-0.15, -0.1) is 0 Å². The molecule has 1 N–H and O–H groups in total. The van der Waals surface area contributed by atoms with Crippen LogP contribution in [-0.2, 0) is 0 Å². The van der Waals surface area contributed by atoms with Crippen molar-refractivity contribution in [3.8, 4) is 0 Å². The Hall–Kier alpha value is -2.84. The Morgan fingerprint density at radius 2 is 1.46 bits per heavy atom. The van der Waals surface area contributed by atoms with Crippen molar-refractivity contribution in [2.45, 2.75) is 0 Å². The van der Waals surface area contributed by atoms with Crippen molar-refractivity contribution in [2.75, 3.05) is 36.4 Å². The molecule has 26 heavy (non-hydrogen) atoms. The number of halogens is 5. The molecule has 0 radical (unpaired) electrons. The molecule has 1 heterocycles. The Balaban J connectivity index is 1.62. The zero-order chi connectivity index (χ0) is 18.8. The van der Waals surface area contributed by atoms with Crippen molar-refractivity contribution in [2.24, 2.45) is 0 Å². The minimum absolute atomic E-state index is 0.232. The van der Waals surface area contributed by atoms with Crippen LogP contribution in [-0.4, -0.2) is 37.1 Å². The summed E-state index contributed by atoms with van der Waals surface area (Å²) in [6, 6.07) is 4.51. The predicted octanol–water partition coefficient (Wildman–Crippen LogP) is 3.74. The highest BCUT2D eigenvalue weighted by atomic mass is 19.2. The molecule has 0 spiro atoms. The van der Waals surface area contributed by atoms with Gasteiger partial charge in [0.2, 0.25) is 0 Å². The fourth-order valence-corrected chi connectivity index (χ4v) is 2.67. The standard InChI is InChI=1S/C17H14F5N3O/c18-11-2-1-10(9-13(11)20)24-5-7-25(8-6-24)17(26)23-14-4-3-12(19)15(21)16(14)22/h1-4,9H,5-8H2,(H,23,26). The lowest BCUT2D eigenvalue weighted by molar-refractivity contribution is 0.208. The molecule has 0 aromatic heterocycles. The molecule has 9 heteroatoms. The number of carbonyl (C=O) groups is 1. The number of benzene rings is 2. The summed E-state index contributed by atoms with van der Waals surface area (Å²) in [5.41, 5.74) is 0.0209. The van der Waals surface area contributed by atoms with Crippen molar-refractivity contribution in [3.05, 3.63) is 59.4 Å². The number of urea groups is 1. The summed E-state index contributed by atoms with van der Waals surface area (Å²) in [5, 5.41) is 2.20. The first kappa shape index (κ1) is 18.0. The van der Waals surface area contributed by atoms with E-state index in [2.05, 4.69) is 5.32 Å². The van der Waals surface area contributed by atoms with Crippen molar-refractivity contribution < 1.29 is 26.7 Å². The average Bonchev–Trinajstić information content (AvgIpc) is 2.64. The van der Waals surface area contributed by atoms with E-state index in [0.717, 1.165) is 24.3 Å². The lowest BCUT2D eigenvalue weighted by Crippen LogP contribution is -2.50. The molecular formula is C17H14F5N3O. The summed E-state index contributed by atoms with van der Waals surface area (Å²) in [7, 11) is 0. The fourth-order valence-electron chi connectivity index (χ4n) is 2.67. The Bertz CT molecular complexity index is 837. The third-order valence-electron chi connectivity index (χ3n) is 4.11. The van der Waals surface area contributed by atoms with E-state index in [1.807, 2.05) is 0 Å². The molecule has 4 nitrogen and oxygen atoms in total. The monoisotopic (exact) mass is 371 g/mol. The van der Waals surface area contributed by atoms with Crippen LogP contribution < -0.4 is 10.2 Å². The van der Waals surface area contributed by atoms with E-state index in [0.29, 0.717) is 18.8 Å². The van der Waals surface area contributed by atoms with Crippen molar-refractivity contribution in [3.63, 3.8) is 0 Å². The second-order valence-corrected chi connectivity index (χ2v) is 5.73. The van der Waals surface area contributed by atoms with Gasteiger partial charge in [0.05, 0.1) is 5.69 Å². The predicted molar refractivity (Wildman–Crippen MR) is 85.5 cm³/mol. The zero-order valence-corrected chi connectivity index (χ0v) is 13.4. The summed E-state index contributed by atoms with van der Waals surface area (Å²) in [6.07, 6.45) is 0. The van der Waals surface area contributed by atoms with E-state index in [9.17, 15) is 26.7 Å². The van der Waals surface area contributed by atoms with Gasteiger partial charge in [0.15, 0.2) is 29.1 Å². The maximum absolute atomic E-state index is 13.6. The molecule has 0 saturated carbocycles. The molecule has 138 valence electrons. The molecule has 0 bridgehead atoms. The number of carbonyl (C=O) groups excluding carboxylic acids is 1. The van der Waals surface area contributed by atoms with Crippen LogP contribution in [0.3, 0.4) is 0 Å². The number of anilines is 2. The summed E-state index contributed by atoms with van der Waals surface area (Å²) in [6.45, 7) is 1.16. The van der Waals surface area contributed by atoms with Gasteiger partial charge in [0.1, 0.15) is 0 Å². The number of hydrogen-bond acceptors (Lipinski definition) is 2. The molecular weight excluding hydrogens is 357 g/mol. The van der Waals surface area contributed by atoms with Crippen LogP contribution in [0.5, 0.6) is 0 Å². The molecule has 0 atom stereocenters. The van der Waals surface area contributed by atoms with Crippen molar-refractivity contribution in [1.82, 2.24) is 4.90 Å². The molecule has 2 amide bonds. The largest absolute Gasteiger partial charge is 0.368 e. The van der Waals surface area contributed by atoms with Gasteiger partial charge >= 0.3 is 6.03 Å². The first-order chi connectivity index (χ1) is 12.4. The van der Waals surface area contributed by atoms with E-state index in [1.54, 1.807) is 4.90 Å². The van der Waals surface area contributed by atoms with E-state index in [-0.39, 0.29) is 13.1 Å². The van der Waals surface area contributed by atoms with Gasteiger partial charge in [-0.25, -0.2) is 26.7 Å². The first-order valence-electron chi connectivity index (χ1n) is 7.76. The summed E-state index contributed by atoms with van der Waals surface area (Å²) >= 11 is 0. The van der Waals surface area contributed by atoms with E-state index in [4.69, 9.17) is 0 Å². The minimum Gasteiger partial charge on any atom is -0.368 e. The van der Waals surface area contributed by atoms with Crippen LogP contribution in [0.1, 0.15) is 0 Å². The fraction of sp³-hybridized carbons (Fsp3) is 0.235. The molecule has 0 aliphatic carbocycles. The minimum atomic E-state index is -1.66. The quantitative estimate of drug-likeness (QED) is 0.645. The molecule has 1 fully saturated rings. The number of amides is 2. The Labute approximate surface area is 145 Å². The van der Waals surface area contributed by atoms with Crippen LogP contribution in [0.25, 0.3) is 0 Å². The van der Waals surface area contributed by atoms with Gasteiger partial charge in [-0.1, -0.05) is 0 Å². The van der Waals surface area contributed by atoms with E-state index in [1.165, 1.54) is 11.0 Å². The van der Waals surface area contributed by atoms with Gasteiger partial charge in [-0.2, -0.15) is 0 Å². The molecule has 2 aromatic carbocycles. The molecule has 2 aromatic rings. The maximum atomic E-state index is 13.6. The van der Waals surface area contributed by atoms with E-state index >= 15 is 0 Å². The zero-order valence-electron chi connectivity index (χ0n) is 13.4. The number of rotatable bonds is 2. The number of hydrogen-bond donors (Lipinski definition) is 1. The Morgan fingerprint density at radius 1 is 0.808 bits per heavy atom. The third kappa shape index (κ3) is 3.56. The second-order valence-electron chi connectivity index (χ2n) is 5.73. The van der Waals surface area contributed by atoms with Crippen molar-refractivity contribution in [1.29, 1.82) is 0 Å². The number of nitrogens with one attached hydrogen (secondary N) is 1. The molecule has 1 aliphatic rings. The van der Waals surface area contributed by atoms with Crippen LogP contribution in [0, 0.1) is 29.1 Å². The van der Waals surface area contributed by atoms with Crippen LogP contribution >= 0.6 is 0 Å². The second kappa shape index (κ2) is 7.19. The van der Waals surface area contributed by atoms with Gasteiger partial charge in [0.25, 0.3) is 0 Å². The summed E-state index contributed by atoms with van der Waals surface area (Å²) in [5.74, 6) is -6.39. The highest BCUT2D eigenvalue weighted by molar-refractivity contribution is 5.89. The highest BCUT2D eigenvalue weighted by Gasteiger charge is 2.23. The average molecular weight is 371 g/mol. The summed E-state index contributed by atoms with van der Waals surface area (Å²) in [4.78, 5) is 15.3. The van der Waals surface area contributed by atoms with Crippen LogP contribution in [0.4, 0.5) is 38.1 Å². The highest BCUT2D eigenvalue weighted by Crippen LogP contribution is 2.22. The van der Waals surface area contributed by atoms with Gasteiger partial charge < -0.3 is 15.1 Å². The number of piperazine rings is 1. The van der Waals surface area contributed by atoms with Crippen LogP contribution in [0.15, 0.2) is 30.3 Å². The van der Waals surface area contributed by atoms with Crippen molar-refractivity contribution >= 4 is 17.4 Å². The lowest BCUT2D eigenvalue weighted by atomic mass is 10.2. The SMILES string of the molecule is O=C(Nc1ccc(F)c(F)c1F)N1CCN(c2ccc(F)c(F)c2)CC1. The van der Waals surface area contributed by atoms with Gasteiger partial charge in [0, 0.05) is 37.9 Å². The van der Waals surface area contributed by atoms with E-state index < -0.39 is 40.8 Å². The van der Waals surface area contributed by atoms with Gasteiger partial charge in [-0.3, -0.25) is 0 Å². The molecule has 0 unspecified atom stereocenters. The van der Waals surface area contributed by atoms with Crippen LogP contribution in [0.2, 0.25) is 0 Å². The maximum Gasteiger partial charge on any atom is 0.322 e.